The van der Waals surface area contributed by atoms with Crippen LogP contribution in [0.4, 0.5) is 0 Å². The van der Waals surface area contributed by atoms with E-state index in [0.29, 0.717) is 18.9 Å². The summed E-state index contributed by atoms with van der Waals surface area (Å²) < 4.78 is 12.2. The molecule has 5 nitrogen and oxygen atoms in total. The lowest BCUT2D eigenvalue weighted by Gasteiger charge is -2.26. The number of fused-ring (bicyclic) bond motifs is 2. The number of nitrogens with one attached hydrogen (secondary N) is 2. The second-order valence-electron chi connectivity index (χ2n) is 6.21. The molecule has 0 radical (unpaired) electrons. The van der Waals surface area contributed by atoms with E-state index in [1.165, 1.54) is 0 Å². The minimum Gasteiger partial charge on any atom is -0.494 e. The first-order chi connectivity index (χ1) is 12.6. The lowest BCUT2D eigenvalue weighted by molar-refractivity contribution is 0.0920. The molecule has 1 aromatic heterocycles. The monoisotopic (exact) mass is 414 g/mol. The first kappa shape index (κ1) is 17.0. The number of carbonyl (C=O) groups excluding carboxylic acids is 1. The van der Waals surface area contributed by atoms with Crippen molar-refractivity contribution >= 4 is 32.7 Å². The van der Waals surface area contributed by atoms with Crippen LogP contribution in [0.2, 0.25) is 0 Å². The Bertz CT molecular complexity index is 967. The number of benzene rings is 2. The van der Waals surface area contributed by atoms with Gasteiger partial charge in [-0.15, -0.1) is 0 Å². The van der Waals surface area contributed by atoms with Gasteiger partial charge in [-0.25, -0.2) is 0 Å². The molecule has 0 aliphatic carbocycles. The first-order valence-corrected chi connectivity index (χ1v) is 9.42. The van der Waals surface area contributed by atoms with Gasteiger partial charge in [-0.1, -0.05) is 15.9 Å². The van der Waals surface area contributed by atoms with Gasteiger partial charge in [0.25, 0.3) is 5.91 Å². The zero-order valence-corrected chi connectivity index (χ0v) is 15.9. The summed E-state index contributed by atoms with van der Waals surface area (Å²) in [6, 6.07) is 13.4. The molecular formula is C20H19BrN2O3. The van der Waals surface area contributed by atoms with Crippen LogP contribution in [-0.4, -0.2) is 24.1 Å². The highest BCUT2D eigenvalue weighted by molar-refractivity contribution is 9.10. The fourth-order valence-electron chi connectivity index (χ4n) is 3.24. The third-order valence-electron chi connectivity index (χ3n) is 4.47. The number of aromatic amines is 1. The summed E-state index contributed by atoms with van der Waals surface area (Å²) in [6.45, 7) is 3.14. The summed E-state index contributed by atoms with van der Waals surface area (Å²) in [7, 11) is 0. The molecule has 0 saturated heterocycles. The highest BCUT2D eigenvalue weighted by Gasteiger charge is 2.24. The van der Waals surface area contributed by atoms with Gasteiger partial charge in [0.2, 0.25) is 0 Å². The van der Waals surface area contributed by atoms with Gasteiger partial charge in [-0.3, -0.25) is 4.79 Å². The molecule has 4 rings (SSSR count). The van der Waals surface area contributed by atoms with Crippen molar-refractivity contribution < 1.29 is 14.3 Å². The van der Waals surface area contributed by atoms with E-state index < -0.39 is 0 Å². The van der Waals surface area contributed by atoms with E-state index in [2.05, 4.69) is 26.2 Å². The Kier molecular flexibility index (Phi) is 4.59. The maximum atomic E-state index is 12.8. The van der Waals surface area contributed by atoms with Crippen LogP contribution in [0.3, 0.4) is 0 Å². The van der Waals surface area contributed by atoms with Gasteiger partial charge in [-0.05, 0) is 43.3 Å². The summed E-state index contributed by atoms with van der Waals surface area (Å²) >= 11 is 3.49. The molecule has 26 heavy (non-hydrogen) atoms. The van der Waals surface area contributed by atoms with Crippen molar-refractivity contribution in [3.63, 3.8) is 0 Å². The molecule has 6 heteroatoms. The molecule has 1 atom stereocenters. The normalized spacial score (nSPS) is 16.0. The number of rotatable bonds is 4. The summed E-state index contributed by atoms with van der Waals surface area (Å²) in [5.74, 6) is 1.48. The molecule has 3 aromatic rings. The molecule has 1 amide bonds. The minimum absolute atomic E-state index is 0.0749. The number of ether oxygens (including phenoxy) is 2. The Morgan fingerprint density at radius 2 is 2.19 bits per heavy atom. The number of carbonyl (C=O) groups is 1. The van der Waals surface area contributed by atoms with E-state index in [0.717, 1.165) is 38.9 Å². The van der Waals surface area contributed by atoms with Gasteiger partial charge in [0, 0.05) is 33.4 Å². The number of H-pyrrole nitrogens is 1. The maximum absolute atomic E-state index is 12.8. The van der Waals surface area contributed by atoms with E-state index in [1.54, 1.807) is 0 Å². The molecule has 1 unspecified atom stereocenters. The Labute approximate surface area is 159 Å². The standard InChI is InChI=1S/C20H19BrN2O3/c1-2-25-14-5-3-12-9-18(22-17(12)11-14)20(24)23-16-7-8-26-19-6-4-13(21)10-15(16)19/h3-6,9-11,16,22H,2,7-8H2,1H3,(H,23,24). The lowest BCUT2D eigenvalue weighted by Crippen LogP contribution is -2.32. The Morgan fingerprint density at radius 3 is 3.04 bits per heavy atom. The molecular weight excluding hydrogens is 396 g/mol. The lowest BCUT2D eigenvalue weighted by atomic mass is 10.0. The van der Waals surface area contributed by atoms with Gasteiger partial charge >= 0.3 is 0 Å². The largest absolute Gasteiger partial charge is 0.494 e. The molecule has 134 valence electrons. The SMILES string of the molecule is CCOc1ccc2cc(C(=O)NC3CCOc4ccc(Br)cc43)[nH]c2c1. The van der Waals surface area contributed by atoms with E-state index in [1.807, 2.05) is 49.4 Å². The smallest absolute Gasteiger partial charge is 0.268 e. The Balaban J connectivity index is 1.57. The topological polar surface area (TPSA) is 63.4 Å². The summed E-state index contributed by atoms with van der Waals surface area (Å²) in [4.78, 5) is 15.9. The van der Waals surface area contributed by atoms with E-state index in [9.17, 15) is 4.79 Å². The second-order valence-corrected chi connectivity index (χ2v) is 7.13. The van der Waals surface area contributed by atoms with Gasteiger partial charge in [0.15, 0.2) is 0 Å². The minimum atomic E-state index is -0.128. The molecule has 1 aliphatic rings. The van der Waals surface area contributed by atoms with Crippen LogP contribution >= 0.6 is 15.9 Å². The average molecular weight is 415 g/mol. The van der Waals surface area contributed by atoms with Crippen LogP contribution in [0.5, 0.6) is 11.5 Å². The zero-order chi connectivity index (χ0) is 18.1. The molecule has 0 bridgehead atoms. The third kappa shape index (κ3) is 3.29. The number of hydrogen-bond donors (Lipinski definition) is 2. The van der Waals surface area contributed by atoms with Crippen molar-refractivity contribution in [3.05, 3.63) is 58.2 Å². The van der Waals surface area contributed by atoms with Crippen LogP contribution in [0.25, 0.3) is 10.9 Å². The number of hydrogen-bond acceptors (Lipinski definition) is 3. The zero-order valence-electron chi connectivity index (χ0n) is 14.3. The van der Waals surface area contributed by atoms with E-state index >= 15 is 0 Å². The highest BCUT2D eigenvalue weighted by atomic mass is 79.9. The summed E-state index contributed by atoms with van der Waals surface area (Å²) in [5.41, 5.74) is 2.42. The van der Waals surface area contributed by atoms with Crippen LogP contribution in [0.1, 0.15) is 35.4 Å². The van der Waals surface area contributed by atoms with Gasteiger partial charge in [0.1, 0.15) is 17.2 Å². The van der Waals surface area contributed by atoms with Crippen molar-refractivity contribution in [2.24, 2.45) is 0 Å². The van der Waals surface area contributed by atoms with E-state index in [4.69, 9.17) is 9.47 Å². The fourth-order valence-corrected chi connectivity index (χ4v) is 3.61. The maximum Gasteiger partial charge on any atom is 0.268 e. The predicted octanol–water partition coefficient (Wildman–Crippen LogP) is 4.58. The quantitative estimate of drug-likeness (QED) is 0.656. The molecule has 1 aliphatic heterocycles. The van der Waals surface area contributed by atoms with Crippen LogP contribution in [-0.2, 0) is 0 Å². The summed E-state index contributed by atoms with van der Waals surface area (Å²) in [6.07, 6.45) is 0.740. The molecule has 0 saturated carbocycles. The molecule has 2 aromatic carbocycles. The Hall–Kier alpha value is -2.47. The fraction of sp³-hybridized carbons (Fsp3) is 0.250. The molecule has 2 heterocycles. The van der Waals surface area contributed by atoms with Crippen molar-refractivity contribution in [2.75, 3.05) is 13.2 Å². The van der Waals surface area contributed by atoms with E-state index in [-0.39, 0.29) is 11.9 Å². The predicted molar refractivity (Wildman–Crippen MR) is 104 cm³/mol. The number of halogens is 1. The van der Waals surface area contributed by atoms with Crippen LogP contribution in [0.15, 0.2) is 46.9 Å². The first-order valence-electron chi connectivity index (χ1n) is 8.62. The van der Waals surface area contributed by atoms with Crippen LogP contribution in [0, 0.1) is 0 Å². The van der Waals surface area contributed by atoms with Crippen LogP contribution < -0.4 is 14.8 Å². The van der Waals surface area contributed by atoms with Crippen molar-refractivity contribution in [1.82, 2.24) is 10.3 Å². The van der Waals surface area contributed by atoms with Crippen molar-refractivity contribution in [1.29, 1.82) is 0 Å². The van der Waals surface area contributed by atoms with Gasteiger partial charge in [-0.2, -0.15) is 0 Å². The molecule has 2 N–H and O–H groups in total. The third-order valence-corrected chi connectivity index (χ3v) is 4.96. The summed E-state index contributed by atoms with van der Waals surface area (Å²) in [5, 5.41) is 4.10. The average Bonchev–Trinajstić information content (AvgIpc) is 3.06. The molecule has 0 fully saturated rings. The number of amides is 1. The van der Waals surface area contributed by atoms with Crippen molar-refractivity contribution in [3.8, 4) is 11.5 Å². The second kappa shape index (κ2) is 7.03. The Morgan fingerprint density at radius 1 is 1.31 bits per heavy atom. The van der Waals surface area contributed by atoms with Crippen molar-refractivity contribution in [2.45, 2.75) is 19.4 Å². The van der Waals surface area contributed by atoms with Gasteiger partial charge < -0.3 is 19.8 Å². The highest BCUT2D eigenvalue weighted by Crippen LogP contribution is 2.34. The molecule has 0 spiro atoms. The number of aromatic nitrogens is 1. The van der Waals surface area contributed by atoms with Gasteiger partial charge in [0.05, 0.1) is 19.3 Å².